The molecule has 144 valence electrons. The van der Waals surface area contributed by atoms with Gasteiger partial charge in [-0.25, -0.2) is 15.0 Å². The minimum absolute atomic E-state index is 0.865. The highest BCUT2D eigenvalue weighted by molar-refractivity contribution is 7.16. The molecule has 6 heteroatoms. The molecule has 4 rings (SSSR count). The number of nitrogens with zero attached hydrogens (tertiary/aromatic N) is 4. The van der Waals surface area contributed by atoms with Gasteiger partial charge in [-0.3, -0.25) is 4.98 Å². The lowest BCUT2D eigenvalue weighted by molar-refractivity contribution is 0.738. The molecule has 2 aliphatic heterocycles. The van der Waals surface area contributed by atoms with E-state index in [1.54, 1.807) is 11.3 Å². The smallest absolute Gasteiger partial charge is 0.139 e. The van der Waals surface area contributed by atoms with E-state index in [2.05, 4.69) is 16.4 Å². The predicted molar refractivity (Wildman–Crippen MR) is 116 cm³/mol. The molecule has 28 heavy (non-hydrogen) atoms. The Kier molecular flexibility index (Phi) is 5.59. The van der Waals surface area contributed by atoms with E-state index >= 15 is 0 Å². The molecule has 0 bridgehead atoms. The zero-order chi connectivity index (χ0) is 19.5. The molecule has 0 spiro atoms. The van der Waals surface area contributed by atoms with Gasteiger partial charge < -0.3 is 5.32 Å². The summed E-state index contributed by atoms with van der Waals surface area (Å²) in [5, 5.41) is 6.41. The summed E-state index contributed by atoms with van der Waals surface area (Å²) >= 11 is 1.71. The van der Waals surface area contributed by atoms with Crippen LogP contribution in [0.5, 0.6) is 0 Å². The van der Waals surface area contributed by atoms with E-state index in [-0.39, 0.29) is 0 Å². The molecule has 4 heterocycles. The maximum Gasteiger partial charge on any atom is 0.139 e. The van der Waals surface area contributed by atoms with Crippen LogP contribution in [0.3, 0.4) is 0 Å². The van der Waals surface area contributed by atoms with Gasteiger partial charge in [0.2, 0.25) is 0 Å². The third-order valence-corrected chi connectivity index (χ3v) is 6.03. The standard InChI is InChI=1S/C22H25N5S/c1-4-17(25-18-7-5-6-14(2)24-15(18)3)19-8-9-20-22(26-19)28-21(27-20)16-10-12-23-13-11-16/h4-7,10,23H,8-9,11-13H2,1-3H3/b17-4-,25-18?. The number of allylic oxidation sites excluding steroid dienone is 2. The zero-order valence-corrected chi connectivity index (χ0v) is 17.4. The molecule has 0 unspecified atom stereocenters. The second kappa shape index (κ2) is 8.29. The lowest BCUT2D eigenvalue weighted by atomic mass is 10.1. The Bertz CT molecular complexity index is 1060. The molecule has 0 aromatic carbocycles. The molecule has 0 fully saturated rings. The van der Waals surface area contributed by atoms with E-state index in [9.17, 15) is 0 Å². The molecule has 0 atom stereocenters. The summed E-state index contributed by atoms with van der Waals surface area (Å²) in [6, 6.07) is 6.02. The van der Waals surface area contributed by atoms with E-state index in [1.807, 2.05) is 45.0 Å². The topological polar surface area (TPSA) is 62.5 Å². The molecule has 1 N–H and O–H groups in total. The number of aryl methyl sites for hydroxylation is 3. The largest absolute Gasteiger partial charge is 0.313 e. The predicted octanol–water partition coefficient (Wildman–Crippen LogP) is 4.06. The van der Waals surface area contributed by atoms with Gasteiger partial charge in [0, 0.05) is 12.2 Å². The Morgan fingerprint density at radius 2 is 2.07 bits per heavy atom. The molecule has 2 aromatic rings. The summed E-state index contributed by atoms with van der Waals surface area (Å²) in [6.45, 7) is 7.97. The van der Waals surface area contributed by atoms with Crippen molar-refractivity contribution in [2.24, 2.45) is 9.98 Å². The normalized spacial score (nSPS) is 17.8. The highest BCUT2D eigenvalue weighted by atomic mass is 32.1. The van der Waals surface area contributed by atoms with Gasteiger partial charge in [-0.05, 0) is 64.3 Å². The third kappa shape index (κ3) is 4.03. The fraction of sp³-hybridized carbons (Fsp3) is 0.364. The van der Waals surface area contributed by atoms with Crippen molar-refractivity contribution in [1.82, 2.24) is 15.3 Å². The maximum atomic E-state index is 4.94. The van der Waals surface area contributed by atoms with Crippen LogP contribution in [0.1, 0.15) is 41.9 Å². The maximum absolute atomic E-state index is 4.94. The number of hydrogen-bond acceptors (Lipinski definition) is 6. The number of fused-ring (bicyclic) bond motifs is 1. The molecular weight excluding hydrogens is 366 g/mol. The van der Waals surface area contributed by atoms with E-state index < -0.39 is 0 Å². The van der Waals surface area contributed by atoms with Crippen LogP contribution >= 0.6 is 11.3 Å². The second-order valence-corrected chi connectivity index (χ2v) is 8.03. The Morgan fingerprint density at radius 1 is 1.18 bits per heavy atom. The van der Waals surface area contributed by atoms with Gasteiger partial charge in [0.05, 0.1) is 28.2 Å². The first kappa shape index (κ1) is 18.9. The van der Waals surface area contributed by atoms with Crippen molar-refractivity contribution in [3.63, 3.8) is 0 Å². The first-order valence-electron chi connectivity index (χ1n) is 9.77. The summed E-state index contributed by atoms with van der Waals surface area (Å²) in [7, 11) is 0. The number of nitrogens with one attached hydrogen (secondary N) is 1. The van der Waals surface area contributed by atoms with Crippen molar-refractivity contribution in [3.05, 3.63) is 63.5 Å². The Hall–Kier alpha value is -2.44. The monoisotopic (exact) mass is 391 g/mol. The van der Waals surface area contributed by atoms with Crippen LogP contribution in [0.4, 0.5) is 5.00 Å². The van der Waals surface area contributed by atoms with Crippen molar-refractivity contribution >= 4 is 27.6 Å². The SMILES string of the molecule is C/C=C(\N=c1cccc(C)nc1C)C1=Nc2sc(C3=CCNCC3)nc2CC1. The second-order valence-electron chi connectivity index (χ2n) is 7.05. The Morgan fingerprint density at radius 3 is 2.86 bits per heavy atom. The van der Waals surface area contributed by atoms with Gasteiger partial charge in [-0.2, -0.15) is 0 Å². The van der Waals surface area contributed by atoms with Gasteiger partial charge in [0.25, 0.3) is 0 Å². The minimum Gasteiger partial charge on any atom is -0.313 e. The van der Waals surface area contributed by atoms with Crippen LogP contribution in [0, 0.1) is 13.8 Å². The van der Waals surface area contributed by atoms with E-state index in [4.69, 9.17) is 15.0 Å². The van der Waals surface area contributed by atoms with E-state index in [0.29, 0.717) is 0 Å². The van der Waals surface area contributed by atoms with Gasteiger partial charge in [-0.15, -0.1) is 0 Å². The van der Waals surface area contributed by atoms with Crippen molar-refractivity contribution in [2.45, 2.75) is 40.0 Å². The van der Waals surface area contributed by atoms with Crippen LogP contribution in [0.25, 0.3) is 5.57 Å². The van der Waals surface area contributed by atoms with Crippen LogP contribution in [-0.4, -0.2) is 28.8 Å². The van der Waals surface area contributed by atoms with Crippen LogP contribution in [-0.2, 0) is 6.42 Å². The Balaban J connectivity index is 1.68. The first-order chi connectivity index (χ1) is 13.6. The van der Waals surface area contributed by atoms with Crippen LogP contribution in [0.15, 0.2) is 46.0 Å². The average molecular weight is 392 g/mol. The molecule has 0 amide bonds. The van der Waals surface area contributed by atoms with Crippen molar-refractivity contribution < 1.29 is 0 Å². The lowest BCUT2D eigenvalue weighted by Gasteiger charge is -2.11. The molecule has 0 saturated carbocycles. The molecule has 2 aliphatic rings. The highest BCUT2D eigenvalue weighted by Crippen LogP contribution is 2.37. The fourth-order valence-electron chi connectivity index (χ4n) is 3.45. The molecular formula is C22H25N5S. The molecule has 0 saturated heterocycles. The lowest BCUT2D eigenvalue weighted by Crippen LogP contribution is -2.19. The summed E-state index contributed by atoms with van der Waals surface area (Å²) < 4.78 is 0. The quantitative estimate of drug-likeness (QED) is 0.858. The first-order valence-corrected chi connectivity index (χ1v) is 10.6. The number of thiazole rings is 1. The number of aliphatic imine (C=N–C) groups is 1. The molecule has 2 aromatic heterocycles. The highest BCUT2D eigenvalue weighted by Gasteiger charge is 2.21. The van der Waals surface area contributed by atoms with Gasteiger partial charge >= 0.3 is 0 Å². The zero-order valence-electron chi connectivity index (χ0n) is 16.6. The van der Waals surface area contributed by atoms with E-state index in [1.165, 1.54) is 5.57 Å². The van der Waals surface area contributed by atoms with Gasteiger partial charge in [-0.1, -0.05) is 29.6 Å². The van der Waals surface area contributed by atoms with E-state index in [0.717, 1.165) is 76.2 Å². The third-order valence-electron chi connectivity index (χ3n) is 4.97. The average Bonchev–Trinajstić information content (AvgIpc) is 3.07. The van der Waals surface area contributed by atoms with Crippen molar-refractivity contribution in [1.29, 1.82) is 0 Å². The molecule has 0 radical (unpaired) electrons. The number of aromatic nitrogens is 2. The Labute approximate surface area is 169 Å². The van der Waals surface area contributed by atoms with Crippen LogP contribution < -0.4 is 10.7 Å². The number of hydrogen-bond donors (Lipinski definition) is 1. The summed E-state index contributed by atoms with van der Waals surface area (Å²) in [5.74, 6) is 0. The molecule has 5 nitrogen and oxygen atoms in total. The minimum atomic E-state index is 0.865. The molecule has 0 aliphatic carbocycles. The van der Waals surface area contributed by atoms with Crippen LogP contribution in [0.2, 0.25) is 0 Å². The summed E-state index contributed by atoms with van der Waals surface area (Å²) in [4.78, 5) is 19.3. The van der Waals surface area contributed by atoms with Gasteiger partial charge in [0.1, 0.15) is 10.0 Å². The van der Waals surface area contributed by atoms with Gasteiger partial charge in [0.15, 0.2) is 0 Å². The summed E-state index contributed by atoms with van der Waals surface area (Å²) in [5.41, 5.74) is 6.35. The number of rotatable bonds is 3. The summed E-state index contributed by atoms with van der Waals surface area (Å²) in [6.07, 6.45) is 7.11. The van der Waals surface area contributed by atoms with Crippen molar-refractivity contribution in [3.8, 4) is 0 Å². The fourth-order valence-corrected chi connectivity index (χ4v) is 4.53. The van der Waals surface area contributed by atoms with Crippen molar-refractivity contribution in [2.75, 3.05) is 13.1 Å².